The van der Waals surface area contributed by atoms with Gasteiger partial charge in [0.2, 0.25) is 10.0 Å². The fraction of sp³-hybridized carbons (Fsp3) is 0.545. The first-order valence-electron chi connectivity index (χ1n) is 6.36. The second kappa shape index (κ2) is 5.71. The van der Waals surface area contributed by atoms with E-state index in [-0.39, 0.29) is 4.90 Å². The predicted octanol–water partition coefficient (Wildman–Crippen LogP) is 0.461. The van der Waals surface area contributed by atoms with E-state index >= 15 is 0 Å². The molecule has 110 valence electrons. The summed E-state index contributed by atoms with van der Waals surface area (Å²) in [7, 11) is -1.95. The minimum absolute atomic E-state index is 0.140. The lowest BCUT2D eigenvalue weighted by Crippen LogP contribution is -2.30. The van der Waals surface area contributed by atoms with Crippen LogP contribution in [0.15, 0.2) is 23.6 Å². The Morgan fingerprint density at radius 3 is 2.65 bits per heavy atom. The van der Waals surface area contributed by atoms with E-state index in [1.165, 1.54) is 23.4 Å². The minimum Gasteiger partial charge on any atom is -0.274 e. The van der Waals surface area contributed by atoms with Crippen molar-refractivity contribution in [3.63, 3.8) is 0 Å². The van der Waals surface area contributed by atoms with E-state index in [0.29, 0.717) is 18.8 Å². The van der Waals surface area contributed by atoms with Crippen molar-refractivity contribution < 1.29 is 8.42 Å². The van der Waals surface area contributed by atoms with Gasteiger partial charge in [-0.1, -0.05) is 6.92 Å². The van der Waals surface area contributed by atoms with Gasteiger partial charge in [-0.3, -0.25) is 4.68 Å². The second-order valence-corrected chi connectivity index (χ2v) is 6.08. The Bertz CT molecular complexity index is 675. The van der Waals surface area contributed by atoms with Crippen molar-refractivity contribution in [2.75, 3.05) is 0 Å². The van der Waals surface area contributed by atoms with Gasteiger partial charge in [0.05, 0.1) is 12.2 Å². The zero-order chi connectivity index (χ0) is 14.8. The number of rotatable bonds is 6. The van der Waals surface area contributed by atoms with Gasteiger partial charge in [0.15, 0.2) is 0 Å². The van der Waals surface area contributed by atoms with Crippen LogP contribution in [-0.2, 0) is 23.6 Å². The molecule has 0 fully saturated rings. The molecule has 0 spiro atoms. The normalized spacial score (nSPS) is 13.6. The molecule has 2 aromatic rings. The Balaban J connectivity index is 2.26. The van der Waals surface area contributed by atoms with Gasteiger partial charge in [-0.15, -0.1) is 0 Å². The lowest BCUT2D eigenvalue weighted by Gasteiger charge is -2.16. The number of nitrogens with zero attached hydrogens (tertiary/aromatic N) is 5. The summed E-state index contributed by atoms with van der Waals surface area (Å²) in [5, 5.41) is 7.94. The molecule has 0 aliphatic heterocycles. The number of sulfonamides is 1. The quantitative estimate of drug-likeness (QED) is 0.836. The topological polar surface area (TPSA) is 94.7 Å². The zero-order valence-corrected chi connectivity index (χ0v) is 12.5. The lowest BCUT2D eigenvalue weighted by molar-refractivity contribution is 0.503. The van der Waals surface area contributed by atoms with E-state index in [4.69, 9.17) is 0 Å². The second-order valence-electron chi connectivity index (χ2n) is 4.37. The summed E-state index contributed by atoms with van der Waals surface area (Å²) in [6.45, 7) is 4.46. The van der Waals surface area contributed by atoms with Gasteiger partial charge in [-0.25, -0.2) is 22.8 Å². The van der Waals surface area contributed by atoms with E-state index in [1.807, 2.05) is 13.8 Å². The van der Waals surface area contributed by atoms with Crippen LogP contribution in [0.4, 0.5) is 0 Å². The summed E-state index contributed by atoms with van der Waals surface area (Å²) in [5.74, 6) is 0.613. The molecular weight excluding hydrogens is 280 g/mol. The maximum atomic E-state index is 12.3. The third-order valence-electron chi connectivity index (χ3n) is 2.95. The van der Waals surface area contributed by atoms with E-state index < -0.39 is 16.1 Å². The lowest BCUT2D eigenvalue weighted by atomic mass is 10.2. The molecule has 0 amide bonds. The molecule has 8 nitrogen and oxygen atoms in total. The third kappa shape index (κ3) is 2.88. The van der Waals surface area contributed by atoms with Crippen molar-refractivity contribution in [2.45, 2.75) is 37.8 Å². The Labute approximate surface area is 117 Å². The molecule has 1 N–H and O–H groups in total. The molecule has 9 heteroatoms. The molecule has 1 atom stereocenters. The maximum Gasteiger partial charge on any atom is 0.244 e. The Morgan fingerprint density at radius 1 is 1.35 bits per heavy atom. The Hall–Kier alpha value is -1.74. The Morgan fingerprint density at radius 2 is 2.10 bits per heavy atom. The smallest absolute Gasteiger partial charge is 0.244 e. The monoisotopic (exact) mass is 298 g/mol. The van der Waals surface area contributed by atoms with Gasteiger partial charge in [0, 0.05) is 19.8 Å². The number of aryl methyl sites for hydroxylation is 2. The molecular formula is C11H18N6O2S. The zero-order valence-electron chi connectivity index (χ0n) is 11.7. The van der Waals surface area contributed by atoms with Crippen molar-refractivity contribution in [1.82, 2.24) is 29.3 Å². The van der Waals surface area contributed by atoms with Gasteiger partial charge in [0.1, 0.15) is 17.0 Å². The first-order valence-corrected chi connectivity index (χ1v) is 7.85. The molecule has 1 unspecified atom stereocenters. The number of aromatic nitrogens is 5. The first kappa shape index (κ1) is 14.7. The highest BCUT2D eigenvalue weighted by molar-refractivity contribution is 7.89. The summed E-state index contributed by atoms with van der Waals surface area (Å²) >= 11 is 0. The standard InChI is InChI=1S/C11H18N6O2S/c1-4-10(11-12-8-14-17(11)5-2)15-20(18,19)9-6-13-16(3)7-9/h6-8,10,15H,4-5H2,1-3H3. The largest absolute Gasteiger partial charge is 0.274 e. The van der Waals surface area contributed by atoms with Crippen LogP contribution in [0.1, 0.15) is 32.1 Å². The molecule has 0 bridgehead atoms. The van der Waals surface area contributed by atoms with E-state index in [1.54, 1.807) is 11.7 Å². The minimum atomic E-state index is -3.62. The molecule has 0 saturated carbocycles. The van der Waals surface area contributed by atoms with Crippen LogP contribution >= 0.6 is 0 Å². The average molecular weight is 298 g/mol. The van der Waals surface area contributed by atoms with Gasteiger partial charge >= 0.3 is 0 Å². The highest BCUT2D eigenvalue weighted by atomic mass is 32.2. The highest BCUT2D eigenvalue weighted by Gasteiger charge is 2.24. The molecule has 0 aliphatic rings. The first-order chi connectivity index (χ1) is 9.47. The van der Waals surface area contributed by atoms with Crippen molar-refractivity contribution in [3.8, 4) is 0 Å². The molecule has 2 heterocycles. The predicted molar refractivity (Wildman–Crippen MR) is 72.3 cm³/mol. The van der Waals surface area contributed by atoms with Crippen LogP contribution < -0.4 is 4.72 Å². The molecule has 0 aliphatic carbocycles. The fourth-order valence-corrected chi connectivity index (χ4v) is 3.16. The van der Waals surface area contributed by atoms with Crippen molar-refractivity contribution in [2.24, 2.45) is 7.05 Å². The van der Waals surface area contributed by atoms with Gasteiger partial charge < -0.3 is 0 Å². The van der Waals surface area contributed by atoms with Crippen LogP contribution in [-0.4, -0.2) is 33.0 Å². The molecule has 20 heavy (non-hydrogen) atoms. The van der Waals surface area contributed by atoms with Gasteiger partial charge in [-0.2, -0.15) is 10.2 Å². The van der Waals surface area contributed by atoms with Crippen molar-refractivity contribution in [3.05, 3.63) is 24.5 Å². The van der Waals surface area contributed by atoms with Crippen LogP contribution in [0.3, 0.4) is 0 Å². The number of hydrogen-bond acceptors (Lipinski definition) is 5. The van der Waals surface area contributed by atoms with Crippen molar-refractivity contribution in [1.29, 1.82) is 0 Å². The van der Waals surface area contributed by atoms with Gasteiger partial charge in [-0.05, 0) is 13.3 Å². The SMILES string of the molecule is CCC(NS(=O)(=O)c1cnn(C)c1)c1ncnn1CC. The van der Waals surface area contributed by atoms with Crippen LogP contribution in [0.5, 0.6) is 0 Å². The molecule has 0 radical (unpaired) electrons. The summed E-state index contributed by atoms with van der Waals surface area (Å²) in [6.07, 6.45) is 4.79. The van der Waals surface area contributed by atoms with Crippen LogP contribution in [0.25, 0.3) is 0 Å². The van der Waals surface area contributed by atoms with Gasteiger partial charge in [0.25, 0.3) is 0 Å². The van der Waals surface area contributed by atoms with E-state index in [2.05, 4.69) is 19.9 Å². The maximum absolute atomic E-state index is 12.3. The van der Waals surface area contributed by atoms with E-state index in [9.17, 15) is 8.42 Å². The summed E-state index contributed by atoms with van der Waals surface area (Å²) in [6, 6.07) is -0.414. The number of hydrogen-bond donors (Lipinski definition) is 1. The fourth-order valence-electron chi connectivity index (χ4n) is 1.90. The molecule has 2 rings (SSSR count). The van der Waals surface area contributed by atoms with Crippen LogP contribution in [0.2, 0.25) is 0 Å². The molecule has 0 aromatic carbocycles. The average Bonchev–Trinajstić information content (AvgIpc) is 3.04. The highest BCUT2D eigenvalue weighted by Crippen LogP contribution is 2.17. The number of nitrogens with one attached hydrogen (secondary N) is 1. The van der Waals surface area contributed by atoms with Crippen molar-refractivity contribution >= 4 is 10.0 Å². The summed E-state index contributed by atoms with van der Waals surface area (Å²) < 4.78 is 30.3. The summed E-state index contributed by atoms with van der Waals surface area (Å²) in [5.41, 5.74) is 0. The van der Waals surface area contributed by atoms with Crippen LogP contribution in [0, 0.1) is 0 Å². The molecule has 2 aromatic heterocycles. The van der Waals surface area contributed by atoms with E-state index in [0.717, 1.165) is 0 Å². The Kier molecular flexibility index (Phi) is 4.19. The summed E-state index contributed by atoms with van der Waals surface area (Å²) in [4.78, 5) is 4.29. The molecule has 0 saturated heterocycles. The third-order valence-corrected chi connectivity index (χ3v) is 4.38.